The molecule has 1 saturated heterocycles. The average molecular weight is 291 g/mol. The van der Waals surface area contributed by atoms with Crippen molar-refractivity contribution < 1.29 is 9.72 Å². The van der Waals surface area contributed by atoms with Crippen LogP contribution in [-0.2, 0) is 11.8 Å². The van der Waals surface area contributed by atoms with Crippen LogP contribution < -0.4 is 0 Å². The Morgan fingerprint density at radius 1 is 1.43 bits per heavy atom. The van der Waals surface area contributed by atoms with Gasteiger partial charge in [0.1, 0.15) is 6.20 Å². The van der Waals surface area contributed by atoms with Crippen molar-refractivity contribution in [1.82, 2.24) is 19.4 Å². The van der Waals surface area contributed by atoms with E-state index < -0.39 is 4.92 Å². The topological polar surface area (TPSA) is 84.5 Å². The number of amides is 1. The summed E-state index contributed by atoms with van der Waals surface area (Å²) in [5.74, 6) is 0.151. The number of hydrogen-bond acceptors (Lipinski definition) is 5. The Labute approximate surface area is 122 Å². The Balaban J connectivity index is 2.47. The molecule has 1 aromatic heterocycles. The van der Waals surface area contributed by atoms with Crippen LogP contribution in [0.3, 0.4) is 0 Å². The lowest BCUT2D eigenvalue weighted by molar-refractivity contribution is -0.391. The molecule has 0 unspecified atom stereocenters. The molecule has 1 amide bonds. The van der Waals surface area contributed by atoms with Crippen LogP contribution in [0.1, 0.15) is 5.82 Å². The first-order chi connectivity index (χ1) is 9.81. The van der Waals surface area contributed by atoms with Crippen LogP contribution in [0.2, 0.25) is 0 Å². The number of carbonyl (C=O) groups excluding carboxylic acids is 1. The van der Waals surface area contributed by atoms with Gasteiger partial charge in [-0.1, -0.05) is 0 Å². The van der Waals surface area contributed by atoms with E-state index in [4.69, 9.17) is 0 Å². The summed E-state index contributed by atoms with van der Waals surface area (Å²) in [6.45, 7) is 0.509. The number of likely N-dealkylation sites (tertiary alicyclic amines) is 1. The van der Waals surface area contributed by atoms with Crippen molar-refractivity contribution in [2.24, 2.45) is 7.05 Å². The van der Waals surface area contributed by atoms with Crippen molar-refractivity contribution in [3.05, 3.63) is 39.5 Å². The van der Waals surface area contributed by atoms with Crippen molar-refractivity contribution in [2.45, 2.75) is 0 Å². The second-order valence-electron chi connectivity index (χ2n) is 5.13. The predicted octanol–water partition coefficient (Wildman–Crippen LogP) is 0.629. The lowest BCUT2D eigenvalue weighted by Gasteiger charge is -2.07. The molecular weight excluding hydrogens is 274 g/mol. The molecule has 0 spiro atoms. The van der Waals surface area contributed by atoms with Gasteiger partial charge >= 0.3 is 5.82 Å². The number of rotatable bonds is 3. The molecule has 0 aromatic carbocycles. The molecule has 0 atom stereocenters. The van der Waals surface area contributed by atoms with E-state index in [0.29, 0.717) is 17.9 Å². The molecule has 0 bridgehead atoms. The standard InChI is InChI=1S/C13H17N5O3/c1-15(2)7-9-8-16(3)13(19)10(9)5-11-14-6-12(17(11)4)18(20)21/h5-7H,8H2,1-4H3/b9-7+,10-5+. The van der Waals surface area contributed by atoms with Gasteiger partial charge in [-0.2, -0.15) is 0 Å². The van der Waals surface area contributed by atoms with Crippen molar-refractivity contribution in [2.75, 3.05) is 27.7 Å². The van der Waals surface area contributed by atoms with Gasteiger partial charge in [0.05, 0.1) is 12.6 Å². The first-order valence-electron chi connectivity index (χ1n) is 6.32. The maximum absolute atomic E-state index is 12.2. The predicted molar refractivity (Wildman–Crippen MR) is 77.2 cm³/mol. The molecule has 2 heterocycles. The number of likely N-dealkylation sites (N-methyl/N-ethyl adjacent to an activating group) is 1. The van der Waals surface area contributed by atoms with E-state index in [0.717, 1.165) is 5.57 Å². The minimum atomic E-state index is -0.506. The van der Waals surface area contributed by atoms with Gasteiger partial charge in [-0.3, -0.25) is 4.79 Å². The molecule has 1 aliphatic rings. The van der Waals surface area contributed by atoms with E-state index >= 15 is 0 Å². The van der Waals surface area contributed by atoms with E-state index in [1.807, 2.05) is 25.2 Å². The molecular formula is C13H17N5O3. The Hall–Kier alpha value is -2.64. The highest BCUT2D eigenvalue weighted by atomic mass is 16.6. The van der Waals surface area contributed by atoms with E-state index in [2.05, 4.69) is 4.98 Å². The summed E-state index contributed by atoms with van der Waals surface area (Å²) in [5, 5.41) is 10.8. The Morgan fingerprint density at radius 2 is 2.10 bits per heavy atom. The summed E-state index contributed by atoms with van der Waals surface area (Å²) in [6.07, 6.45) is 4.64. The molecule has 1 fully saturated rings. The van der Waals surface area contributed by atoms with Gasteiger partial charge in [0, 0.05) is 45.5 Å². The number of aromatic nitrogens is 2. The molecule has 1 aromatic rings. The second kappa shape index (κ2) is 5.39. The van der Waals surface area contributed by atoms with Crippen molar-refractivity contribution in [3.63, 3.8) is 0 Å². The molecule has 112 valence electrons. The Morgan fingerprint density at radius 3 is 2.62 bits per heavy atom. The van der Waals surface area contributed by atoms with E-state index in [1.54, 1.807) is 25.1 Å². The van der Waals surface area contributed by atoms with E-state index in [9.17, 15) is 14.9 Å². The lowest BCUT2D eigenvalue weighted by Crippen LogP contribution is -2.19. The highest BCUT2D eigenvalue weighted by Crippen LogP contribution is 2.25. The normalized spacial score (nSPS) is 18.9. The monoisotopic (exact) mass is 291 g/mol. The third-order valence-corrected chi connectivity index (χ3v) is 3.20. The van der Waals surface area contributed by atoms with Crippen LogP contribution in [0.4, 0.5) is 5.82 Å². The van der Waals surface area contributed by atoms with Gasteiger partial charge in [-0.25, -0.2) is 9.55 Å². The van der Waals surface area contributed by atoms with Crippen LogP contribution in [-0.4, -0.2) is 57.9 Å². The first-order valence-corrected chi connectivity index (χ1v) is 6.32. The molecule has 0 saturated carbocycles. The third-order valence-electron chi connectivity index (χ3n) is 3.20. The van der Waals surface area contributed by atoms with Gasteiger partial charge in [-0.05, 0) is 4.92 Å². The van der Waals surface area contributed by atoms with Crippen LogP contribution in [0, 0.1) is 10.1 Å². The maximum atomic E-state index is 12.2. The SMILES string of the molecule is CN(C)/C=C1\CN(C)C(=O)\C1=C\c1ncc([N+](=O)[O-])n1C. The summed E-state index contributed by atoms with van der Waals surface area (Å²) in [7, 11) is 7.02. The molecule has 8 heteroatoms. The van der Waals surface area contributed by atoms with Gasteiger partial charge in [0.2, 0.25) is 5.82 Å². The summed E-state index contributed by atoms with van der Waals surface area (Å²) in [5.41, 5.74) is 1.37. The molecule has 21 heavy (non-hydrogen) atoms. The van der Waals surface area contributed by atoms with E-state index in [-0.39, 0.29) is 11.7 Å². The average Bonchev–Trinajstić information content (AvgIpc) is 2.85. The zero-order valence-electron chi connectivity index (χ0n) is 12.4. The zero-order valence-corrected chi connectivity index (χ0v) is 12.4. The van der Waals surface area contributed by atoms with Gasteiger partial charge in [-0.15, -0.1) is 0 Å². The van der Waals surface area contributed by atoms with Crippen molar-refractivity contribution in [3.8, 4) is 0 Å². The van der Waals surface area contributed by atoms with Gasteiger partial charge in [0.25, 0.3) is 5.91 Å². The molecule has 0 aliphatic carbocycles. The summed E-state index contributed by atoms with van der Waals surface area (Å²) < 4.78 is 1.35. The van der Waals surface area contributed by atoms with Crippen LogP contribution >= 0.6 is 0 Å². The molecule has 2 rings (SSSR count). The number of hydrogen-bond donors (Lipinski definition) is 0. The first kappa shape index (κ1) is 14.8. The highest BCUT2D eigenvalue weighted by Gasteiger charge is 2.29. The zero-order chi connectivity index (χ0) is 15.7. The molecule has 0 radical (unpaired) electrons. The van der Waals surface area contributed by atoms with Gasteiger partial charge in [0.15, 0.2) is 0 Å². The Kier molecular flexibility index (Phi) is 3.79. The minimum Gasteiger partial charge on any atom is -0.383 e. The van der Waals surface area contributed by atoms with E-state index in [1.165, 1.54) is 10.8 Å². The highest BCUT2D eigenvalue weighted by molar-refractivity contribution is 6.04. The summed E-state index contributed by atoms with van der Waals surface area (Å²) >= 11 is 0. The van der Waals surface area contributed by atoms with Crippen LogP contribution in [0.15, 0.2) is 23.5 Å². The second-order valence-corrected chi connectivity index (χ2v) is 5.13. The number of nitrogens with zero attached hydrogens (tertiary/aromatic N) is 5. The number of nitro groups is 1. The summed E-state index contributed by atoms with van der Waals surface area (Å²) in [4.78, 5) is 30.0. The van der Waals surface area contributed by atoms with Crippen molar-refractivity contribution in [1.29, 1.82) is 0 Å². The fourth-order valence-electron chi connectivity index (χ4n) is 2.18. The lowest BCUT2D eigenvalue weighted by atomic mass is 10.1. The van der Waals surface area contributed by atoms with Crippen LogP contribution in [0.25, 0.3) is 6.08 Å². The van der Waals surface area contributed by atoms with Gasteiger partial charge < -0.3 is 19.9 Å². The summed E-state index contributed by atoms with van der Waals surface area (Å²) in [6, 6.07) is 0. The third kappa shape index (κ3) is 2.78. The largest absolute Gasteiger partial charge is 0.383 e. The quantitative estimate of drug-likeness (QED) is 0.463. The Bertz CT molecular complexity index is 657. The molecule has 1 aliphatic heterocycles. The van der Waals surface area contributed by atoms with Crippen molar-refractivity contribution >= 4 is 17.8 Å². The molecule has 8 nitrogen and oxygen atoms in total. The smallest absolute Gasteiger partial charge is 0.342 e. The number of carbonyl (C=O) groups is 1. The molecule has 0 N–H and O–H groups in total. The maximum Gasteiger partial charge on any atom is 0.342 e. The van der Waals surface area contributed by atoms with Crippen LogP contribution in [0.5, 0.6) is 0 Å². The minimum absolute atomic E-state index is 0.112. The fourth-order valence-corrected chi connectivity index (χ4v) is 2.18. The fraction of sp³-hybridized carbons (Fsp3) is 0.385. The number of imidazole rings is 1.